The van der Waals surface area contributed by atoms with Gasteiger partial charge in [0.05, 0.1) is 24.8 Å². The number of ether oxygens (including phenoxy) is 3. The van der Waals surface area contributed by atoms with E-state index in [0.717, 1.165) is 73.7 Å². The van der Waals surface area contributed by atoms with Gasteiger partial charge in [0.2, 0.25) is 0 Å². The van der Waals surface area contributed by atoms with Crippen LogP contribution in [0.15, 0.2) is 41.0 Å². The van der Waals surface area contributed by atoms with Crippen molar-refractivity contribution >= 4 is 27.5 Å². The lowest BCUT2D eigenvalue weighted by Gasteiger charge is -2.33. The van der Waals surface area contributed by atoms with Crippen LogP contribution in [0.1, 0.15) is 54.7 Å². The van der Waals surface area contributed by atoms with Crippen LogP contribution in [-0.4, -0.2) is 40.3 Å². The van der Waals surface area contributed by atoms with E-state index in [1.807, 2.05) is 12.1 Å². The molecule has 2 unspecified atom stereocenters. The van der Waals surface area contributed by atoms with Crippen molar-refractivity contribution in [2.24, 2.45) is 0 Å². The van der Waals surface area contributed by atoms with Crippen molar-refractivity contribution in [2.75, 3.05) is 19.7 Å². The van der Waals surface area contributed by atoms with Crippen molar-refractivity contribution in [3.63, 3.8) is 0 Å². The van der Waals surface area contributed by atoms with Crippen LogP contribution in [0.3, 0.4) is 0 Å². The van der Waals surface area contributed by atoms with Gasteiger partial charge in [-0.25, -0.2) is 9.37 Å². The van der Waals surface area contributed by atoms with Crippen molar-refractivity contribution < 1.29 is 18.6 Å². The second kappa shape index (κ2) is 9.88. The normalized spacial score (nSPS) is 23.9. The molecule has 3 aromatic rings. The van der Waals surface area contributed by atoms with Crippen LogP contribution >= 0.6 is 27.5 Å². The highest BCUT2D eigenvalue weighted by molar-refractivity contribution is 9.10. The summed E-state index contributed by atoms with van der Waals surface area (Å²) < 4.78 is 36.1. The Morgan fingerprint density at radius 1 is 1.16 bits per heavy atom. The van der Waals surface area contributed by atoms with Gasteiger partial charge in [-0.15, -0.1) is 0 Å². The minimum absolute atomic E-state index is 0.290. The zero-order valence-electron chi connectivity index (χ0n) is 21.0. The number of piperidine rings is 1. The first-order chi connectivity index (χ1) is 17.8. The van der Waals surface area contributed by atoms with Crippen LogP contribution in [0.5, 0.6) is 11.5 Å². The Morgan fingerprint density at radius 2 is 1.95 bits per heavy atom. The van der Waals surface area contributed by atoms with E-state index in [1.165, 1.54) is 6.07 Å². The Morgan fingerprint density at radius 3 is 2.65 bits per heavy atom. The molecule has 0 radical (unpaired) electrons. The second-order valence-corrected chi connectivity index (χ2v) is 11.5. The zero-order valence-corrected chi connectivity index (χ0v) is 23.3. The molecule has 1 aromatic heterocycles. The summed E-state index contributed by atoms with van der Waals surface area (Å²) in [5, 5.41) is 0.342. The molecule has 37 heavy (non-hydrogen) atoms. The van der Waals surface area contributed by atoms with Gasteiger partial charge in [0, 0.05) is 29.8 Å². The summed E-state index contributed by atoms with van der Waals surface area (Å²) in [6, 6.07) is 10.6. The van der Waals surface area contributed by atoms with E-state index in [2.05, 4.69) is 38.4 Å². The van der Waals surface area contributed by atoms with E-state index in [4.69, 9.17) is 30.8 Å². The molecule has 0 bridgehead atoms. The van der Waals surface area contributed by atoms with E-state index in [0.29, 0.717) is 34.1 Å². The number of imidazole rings is 1. The first-order valence-corrected chi connectivity index (χ1v) is 14.0. The first kappa shape index (κ1) is 25.2. The van der Waals surface area contributed by atoms with Crippen LogP contribution in [0.4, 0.5) is 4.39 Å². The summed E-state index contributed by atoms with van der Waals surface area (Å²) in [7, 11) is 0. The molecular weight excluding hydrogens is 561 g/mol. The summed E-state index contributed by atoms with van der Waals surface area (Å²) in [6.45, 7) is 8.30. The summed E-state index contributed by atoms with van der Waals surface area (Å²) in [4.78, 5) is 7.27. The quantitative estimate of drug-likeness (QED) is 0.326. The van der Waals surface area contributed by atoms with Crippen LogP contribution in [0.25, 0.3) is 0 Å². The van der Waals surface area contributed by atoms with Gasteiger partial charge in [0.15, 0.2) is 11.5 Å². The van der Waals surface area contributed by atoms with Gasteiger partial charge >= 0.3 is 0 Å². The largest absolute Gasteiger partial charge is 0.444 e. The highest BCUT2D eigenvalue weighted by Crippen LogP contribution is 2.49. The highest BCUT2D eigenvalue weighted by Gasteiger charge is 2.43. The van der Waals surface area contributed by atoms with Crippen LogP contribution in [-0.2, 0) is 23.6 Å². The third-order valence-corrected chi connectivity index (χ3v) is 8.83. The molecule has 2 fully saturated rings. The number of para-hydroxylation sites is 1. The Labute approximate surface area is 229 Å². The molecule has 0 spiro atoms. The number of likely N-dealkylation sites (tertiary alicyclic amines) is 1. The summed E-state index contributed by atoms with van der Waals surface area (Å²) in [5.41, 5.74) is 2.60. The van der Waals surface area contributed by atoms with Crippen molar-refractivity contribution in [2.45, 2.75) is 64.0 Å². The number of benzene rings is 2. The van der Waals surface area contributed by atoms with Crippen molar-refractivity contribution in [1.82, 2.24) is 14.5 Å². The number of nitrogens with zero attached hydrogens (tertiary/aromatic N) is 3. The summed E-state index contributed by atoms with van der Waals surface area (Å²) >= 11 is 9.57. The number of fused-ring (bicyclic) bond motifs is 1. The third-order valence-electron chi connectivity index (χ3n) is 7.85. The summed E-state index contributed by atoms with van der Waals surface area (Å²) in [6.07, 6.45) is 3.40. The summed E-state index contributed by atoms with van der Waals surface area (Å²) in [5.74, 6) is 1.10. The molecule has 2 atom stereocenters. The molecule has 3 aliphatic rings. The lowest BCUT2D eigenvalue weighted by atomic mass is 9.88. The molecule has 0 aliphatic carbocycles. The minimum atomic E-state index is -1.24. The zero-order chi connectivity index (χ0) is 25.7. The first-order valence-electron chi connectivity index (χ1n) is 12.8. The smallest absolute Gasteiger partial charge is 0.278 e. The molecule has 6 nitrogen and oxygen atoms in total. The van der Waals surface area contributed by atoms with Gasteiger partial charge in [-0.3, -0.25) is 4.90 Å². The second-order valence-electron chi connectivity index (χ2n) is 10.3. The molecule has 2 aromatic carbocycles. The van der Waals surface area contributed by atoms with Crippen molar-refractivity contribution in [3.05, 3.63) is 74.5 Å². The van der Waals surface area contributed by atoms with Gasteiger partial charge in [-0.05, 0) is 85.4 Å². The van der Waals surface area contributed by atoms with Crippen molar-refractivity contribution in [1.29, 1.82) is 0 Å². The molecule has 0 amide bonds. The molecular formula is C28H30BrClFN3O3. The monoisotopic (exact) mass is 589 g/mol. The number of aromatic nitrogens is 2. The molecule has 0 saturated carbocycles. The Balaban J connectivity index is 1.15. The fourth-order valence-corrected chi connectivity index (χ4v) is 6.17. The maximum atomic E-state index is 14.7. The van der Waals surface area contributed by atoms with Crippen LogP contribution < -0.4 is 9.47 Å². The molecule has 3 aliphatic heterocycles. The average molecular weight is 591 g/mol. The van der Waals surface area contributed by atoms with Gasteiger partial charge in [0.25, 0.3) is 5.79 Å². The molecule has 2 saturated heterocycles. The van der Waals surface area contributed by atoms with Crippen LogP contribution in [0.2, 0.25) is 5.02 Å². The standard InChI is InChI=1S/C28H30BrClFN3O3/c1-17-27(29)32-25(34(17)15-20-10-13-35-20)16-33-11-8-18(9-12-33)21-4-3-5-24-26(21)37-28(2,36-24)22-7-6-19(30)14-23(22)31/h3-7,14,18,20H,8-13,15-16H2,1-2H3. The molecule has 196 valence electrons. The molecule has 4 heterocycles. The number of rotatable bonds is 6. The number of hydrogen-bond acceptors (Lipinski definition) is 5. The SMILES string of the molecule is Cc1c(Br)nc(CN2CCC(c3cccc4c3OC(C)(c3ccc(Cl)cc3F)O4)CC2)n1CC1CCO1. The van der Waals surface area contributed by atoms with Crippen LogP contribution in [0, 0.1) is 12.7 Å². The average Bonchev–Trinajstić information content (AvgIpc) is 3.32. The molecule has 9 heteroatoms. The Hall–Kier alpha value is -2.13. The topological polar surface area (TPSA) is 48.8 Å². The highest BCUT2D eigenvalue weighted by atomic mass is 79.9. The minimum Gasteiger partial charge on any atom is -0.444 e. The van der Waals surface area contributed by atoms with E-state index in [1.54, 1.807) is 19.1 Å². The van der Waals surface area contributed by atoms with Gasteiger partial charge in [-0.2, -0.15) is 0 Å². The Bertz CT molecular complexity index is 1320. The van der Waals surface area contributed by atoms with Gasteiger partial charge in [0.1, 0.15) is 16.2 Å². The lowest BCUT2D eigenvalue weighted by Crippen LogP contribution is -2.35. The maximum absolute atomic E-state index is 14.7. The van der Waals surface area contributed by atoms with Gasteiger partial charge < -0.3 is 18.8 Å². The number of halogens is 3. The molecule has 0 N–H and O–H groups in total. The third kappa shape index (κ3) is 4.78. The predicted octanol–water partition coefficient (Wildman–Crippen LogP) is 6.56. The molecule has 6 rings (SSSR count). The Kier molecular flexibility index (Phi) is 6.72. The van der Waals surface area contributed by atoms with Gasteiger partial charge in [-0.1, -0.05) is 23.7 Å². The fraction of sp³-hybridized carbons (Fsp3) is 0.464. The van der Waals surface area contributed by atoms with E-state index >= 15 is 0 Å². The fourth-order valence-electron chi connectivity index (χ4n) is 5.59. The lowest BCUT2D eigenvalue weighted by molar-refractivity contribution is -0.0712. The number of hydrogen-bond donors (Lipinski definition) is 0. The van der Waals surface area contributed by atoms with E-state index < -0.39 is 11.6 Å². The predicted molar refractivity (Wildman–Crippen MR) is 143 cm³/mol. The van der Waals surface area contributed by atoms with E-state index in [-0.39, 0.29) is 0 Å². The van der Waals surface area contributed by atoms with E-state index in [9.17, 15) is 4.39 Å². The maximum Gasteiger partial charge on any atom is 0.278 e. The van der Waals surface area contributed by atoms with Crippen molar-refractivity contribution in [3.8, 4) is 11.5 Å².